The van der Waals surface area contributed by atoms with Crippen LogP contribution < -0.4 is 16.2 Å². The highest BCUT2D eigenvalue weighted by atomic mass is 35.5. The number of benzene rings is 1. The highest BCUT2D eigenvalue weighted by Crippen LogP contribution is 2.37. The lowest BCUT2D eigenvalue weighted by atomic mass is 9.97. The lowest BCUT2D eigenvalue weighted by Gasteiger charge is -2.24. The Kier molecular flexibility index (Phi) is 3.04. The maximum absolute atomic E-state index is 6.51. The number of nitrogens with zero attached hydrogens (tertiary/aromatic N) is 1. The van der Waals surface area contributed by atoms with Gasteiger partial charge in [0.2, 0.25) is 0 Å². The van der Waals surface area contributed by atoms with Gasteiger partial charge in [0.05, 0.1) is 16.4 Å². The molecule has 0 radical (unpaired) electrons. The third kappa shape index (κ3) is 1.91. The molecule has 0 aromatic heterocycles. The van der Waals surface area contributed by atoms with Gasteiger partial charge in [-0.2, -0.15) is 0 Å². The first kappa shape index (κ1) is 12.0. The molecule has 1 heterocycles. The average Bonchev–Trinajstić information content (AvgIpc) is 2.71. The van der Waals surface area contributed by atoms with E-state index in [9.17, 15) is 0 Å². The van der Waals surface area contributed by atoms with Crippen LogP contribution in [0.4, 0.5) is 11.4 Å². The first-order chi connectivity index (χ1) is 8.66. The summed E-state index contributed by atoms with van der Waals surface area (Å²) in [5, 5.41) is 2.53. The fraction of sp³-hybridized carbons (Fsp3) is 0.385. The van der Waals surface area contributed by atoms with Crippen molar-refractivity contribution >= 4 is 34.6 Å². The summed E-state index contributed by atoms with van der Waals surface area (Å²) in [6.45, 7) is 0. The highest BCUT2D eigenvalue weighted by molar-refractivity contribution is 6.33. The van der Waals surface area contributed by atoms with E-state index in [-0.39, 0.29) is 5.50 Å². The van der Waals surface area contributed by atoms with E-state index in [1.807, 2.05) is 17.1 Å². The average molecular weight is 284 g/mol. The Morgan fingerprint density at radius 1 is 1.28 bits per heavy atom. The molecular weight excluding hydrogens is 269 g/mol. The minimum atomic E-state index is -0.124. The number of hydrazine groups is 1. The lowest BCUT2D eigenvalue weighted by molar-refractivity contribution is 0.659. The molecule has 1 aliphatic heterocycles. The number of hydrogen-bond acceptors (Lipinski definition) is 3. The zero-order valence-corrected chi connectivity index (χ0v) is 11.4. The van der Waals surface area contributed by atoms with Gasteiger partial charge in [-0.15, -0.1) is 0 Å². The summed E-state index contributed by atoms with van der Waals surface area (Å²) in [5.74, 6) is 0. The van der Waals surface area contributed by atoms with Gasteiger partial charge in [-0.1, -0.05) is 23.2 Å². The van der Waals surface area contributed by atoms with Crippen LogP contribution in [0.5, 0.6) is 0 Å². The largest absolute Gasteiger partial charge is 0.397 e. The molecule has 0 spiro atoms. The first-order valence-corrected chi connectivity index (χ1v) is 6.95. The predicted octanol–water partition coefficient (Wildman–Crippen LogP) is 3.64. The van der Waals surface area contributed by atoms with Gasteiger partial charge in [0.15, 0.2) is 0 Å². The monoisotopic (exact) mass is 283 g/mol. The molecule has 1 aromatic carbocycles. The highest BCUT2D eigenvalue weighted by Gasteiger charge is 2.32. The number of nitrogens with one attached hydrogen (secondary N) is 1. The Hall–Kier alpha value is -1.06. The molecule has 1 aliphatic carbocycles. The quantitative estimate of drug-likeness (QED) is 0.470. The maximum Gasteiger partial charge on any atom is 0.147 e. The van der Waals surface area contributed by atoms with E-state index in [4.69, 9.17) is 28.9 Å². The number of allylic oxidation sites excluding steroid dienone is 1. The zero-order valence-electron chi connectivity index (χ0n) is 9.92. The number of alkyl halides is 1. The van der Waals surface area contributed by atoms with Crippen LogP contribution in [0.3, 0.4) is 0 Å². The smallest absolute Gasteiger partial charge is 0.147 e. The molecule has 3 N–H and O–H groups in total. The third-order valence-electron chi connectivity index (χ3n) is 3.54. The van der Waals surface area contributed by atoms with Crippen LogP contribution in [-0.2, 0) is 0 Å². The van der Waals surface area contributed by atoms with E-state index >= 15 is 0 Å². The number of anilines is 2. The van der Waals surface area contributed by atoms with E-state index < -0.39 is 0 Å². The van der Waals surface area contributed by atoms with Crippen LogP contribution in [0, 0.1) is 0 Å². The number of rotatable bonds is 1. The summed E-state index contributed by atoms with van der Waals surface area (Å²) in [4.78, 5) is 0. The fourth-order valence-corrected chi connectivity index (χ4v) is 3.07. The summed E-state index contributed by atoms with van der Waals surface area (Å²) < 4.78 is 0. The zero-order chi connectivity index (χ0) is 12.7. The second-order valence-corrected chi connectivity index (χ2v) is 5.55. The number of nitrogen functional groups attached to an aromatic ring is 1. The number of halogens is 2. The molecule has 0 bridgehead atoms. The topological polar surface area (TPSA) is 41.3 Å². The van der Waals surface area contributed by atoms with Crippen LogP contribution in [0.15, 0.2) is 29.5 Å². The van der Waals surface area contributed by atoms with Crippen LogP contribution in [0.1, 0.15) is 25.7 Å². The molecule has 3 rings (SSSR count). The van der Waals surface area contributed by atoms with Gasteiger partial charge < -0.3 is 11.2 Å². The van der Waals surface area contributed by atoms with Crippen molar-refractivity contribution in [1.82, 2.24) is 5.43 Å². The first-order valence-electron chi connectivity index (χ1n) is 6.14. The lowest BCUT2D eigenvalue weighted by Crippen LogP contribution is -2.36. The summed E-state index contributed by atoms with van der Waals surface area (Å²) >= 11 is 12.4. The molecule has 0 saturated carbocycles. The van der Waals surface area contributed by atoms with Crippen molar-refractivity contribution < 1.29 is 0 Å². The summed E-state index contributed by atoms with van der Waals surface area (Å²) in [5.41, 5.74) is 13.2. The van der Waals surface area contributed by atoms with Gasteiger partial charge in [-0.3, -0.25) is 5.01 Å². The Bertz CT molecular complexity index is 513. The Morgan fingerprint density at radius 3 is 2.78 bits per heavy atom. The molecule has 2 aliphatic rings. The number of nitrogens with two attached hydrogens (primary N) is 1. The molecule has 18 heavy (non-hydrogen) atoms. The SMILES string of the molecule is Nc1cc(N2NC3=C(CCCC3)C2Cl)ccc1Cl. The third-order valence-corrected chi connectivity index (χ3v) is 4.34. The molecule has 5 heteroatoms. The van der Waals surface area contributed by atoms with Crippen molar-refractivity contribution in [2.24, 2.45) is 0 Å². The van der Waals surface area contributed by atoms with E-state index in [0.717, 1.165) is 18.5 Å². The summed E-state index contributed by atoms with van der Waals surface area (Å²) in [7, 11) is 0. The van der Waals surface area contributed by atoms with E-state index in [0.29, 0.717) is 10.7 Å². The van der Waals surface area contributed by atoms with Gasteiger partial charge in [0.25, 0.3) is 0 Å². The molecule has 1 unspecified atom stereocenters. The van der Waals surface area contributed by atoms with Crippen molar-refractivity contribution in [2.75, 3.05) is 10.7 Å². The van der Waals surface area contributed by atoms with Crippen LogP contribution in [0.25, 0.3) is 0 Å². The standard InChI is InChI=1S/C13H15Cl2N3/c14-10-6-5-8(7-11(10)16)18-13(15)9-3-1-2-4-12(9)17-18/h5-7,13,17H,1-4,16H2. The van der Waals surface area contributed by atoms with Crippen LogP contribution >= 0.6 is 23.2 Å². The number of hydrogen-bond donors (Lipinski definition) is 2. The summed E-state index contributed by atoms with van der Waals surface area (Å²) in [6.07, 6.45) is 4.61. The van der Waals surface area contributed by atoms with Gasteiger partial charge in [0.1, 0.15) is 5.50 Å². The summed E-state index contributed by atoms with van der Waals surface area (Å²) in [6, 6.07) is 5.58. The predicted molar refractivity (Wildman–Crippen MR) is 76.6 cm³/mol. The Labute approximate surface area is 117 Å². The van der Waals surface area contributed by atoms with Crippen LogP contribution in [0.2, 0.25) is 5.02 Å². The van der Waals surface area contributed by atoms with Crippen LogP contribution in [-0.4, -0.2) is 5.50 Å². The van der Waals surface area contributed by atoms with E-state index in [1.54, 1.807) is 6.07 Å². The second kappa shape index (κ2) is 4.56. The van der Waals surface area contributed by atoms with Gasteiger partial charge in [-0.05, 0) is 49.5 Å². The normalized spacial score (nSPS) is 23.0. The molecule has 0 saturated heterocycles. The minimum absolute atomic E-state index is 0.124. The van der Waals surface area contributed by atoms with Crippen molar-refractivity contribution in [3.05, 3.63) is 34.5 Å². The van der Waals surface area contributed by atoms with Gasteiger partial charge >= 0.3 is 0 Å². The Morgan fingerprint density at radius 2 is 2.06 bits per heavy atom. The maximum atomic E-state index is 6.51. The van der Waals surface area contributed by atoms with E-state index in [2.05, 4.69) is 5.43 Å². The van der Waals surface area contributed by atoms with Crippen molar-refractivity contribution in [3.8, 4) is 0 Å². The molecule has 0 fully saturated rings. The molecule has 3 nitrogen and oxygen atoms in total. The molecule has 0 amide bonds. The fourth-order valence-electron chi connectivity index (χ4n) is 2.55. The van der Waals surface area contributed by atoms with Crippen molar-refractivity contribution in [3.63, 3.8) is 0 Å². The van der Waals surface area contributed by atoms with Crippen molar-refractivity contribution in [1.29, 1.82) is 0 Å². The second-order valence-electron chi connectivity index (χ2n) is 4.73. The molecule has 1 aromatic rings. The molecular formula is C13H15Cl2N3. The van der Waals surface area contributed by atoms with Gasteiger partial charge in [-0.25, -0.2) is 0 Å². The minimum Gasteiger partial charge on any atom is -0.397 e. The van der Waals surface area contributed by atoms with Gasteiger partial charge in [0, 0.05) is 5.70 Å². The van der Waals surface area contributed by atoms with Crippen molar-refractivity contribution in [2.45, 2.75) is 31.2 Å². The molecule has 1 atom stereocenters. The van der Waals surface area contributed by atoms with E-state index in [1.165, 1.54) is 24.1 Å². The molecule has 96 valence electrons. The Balaban J connectivity index is 1.89.